The van der Waals surface area contributed by atoms with Gasteiger partial charge in [0.15, 0.2) is 0 Å². The standard InChI is InChI=1S/C37H62O2PSi/c1-5-41(6-2,7-3)39-37(38-32(4)28-29-33-20-12-8-13-21-33)30-31-40(34-22-14-9-15-23-34,35-24-16-10-17-25-35)36-26-18-11-19-27-36/h8,12-13,20-21,28-30,32,34-36H,5-7,9-11,14-19,22-27,31H2,1-4H3/q+1/b29-28+,37-30-. The summed E-state index contributed by atoms with van der Waals surface area (Å²) in [7, 11) is -3.07. The lowest BCUT2D eigenvalue weighted by molar-refractivity contribution is 0.0724. The fourth-order valence-corrected chi connectivity index (χ4v) is 18.2. The highest BCUT2D eigenvalue weighted by atomic mass is 31.2. The van der Waals surface area contributed by atoms with Crippen molar-refractivity contribution in [3.05, 3.63) is 54.0 Å². The minimum absolute atomic E-state index is 0.00880. The molecule has 1 unspecified atom stereocenters. The third-order valence-electron chi connectivity index (χ3n) is 11.2. The molecule has 1 aromatic carbocycles. The van der Waals surface area contributed by atoms with Crippen LogP contribution in [0.15, 0.2) is 48.4 Å². The van der Waals surface area contributed by atoms with Crippen molar-refractivity contribution < 1.29 is 9.16 Å². The van der Waals surface area contributed by atoms with Crippen molar-refractivity contribution >= 4 is 21.7 Å². The second kappa shape index (κ2) is 16.7. The maximum atomic E-state index is 7.13. The maximum absolute atomic E-state index is 7.13. The zero-order chi connectivity index (χ0) is 29.0. The van der Waals surface area contributed by atoms with Crippen LogP contribution in [0.25, 0.3) is 6.08 Å². The normalized spacial score (nSPS) is 21.7. The Morgan fingerprint density at radius 1 is 0.756 bits per heavy atom. The molecule has 3 aliphatic carbocycles. The number of allylic oxidation sites excluding steroid dienone is 1. The summed E-state index contributed by atoms with van der Waals surface area (Å²) in [4.78, 5) is 0. The van der Waals surface area contributed by atoms with Gasteiger partial charge in [0.25, 0.3) is 14.3 Å². The Kier molecular flexibility index (Phi) is 13.4. The summed E-state index contributed by atoms with van der Waals surface area (Å²) in [6.07, 6.45) is 30.4. The topological polar surface area (TPSA) is 18.5 Å². The maximum Gasteiger partial charge on any atom is 0.265 e. The predicted molar refractivity (Wildman–Crippen MR) is 185 cm³/mol. The smallest absolute Gasteiger partial charge is 0.265 e. The first-order chi connectivity index (χ1) is 20.0. The molecule has 0 amide bonds. The lowest BCUT2D eigenvalue weighted by Crippen LogP contribution is -2.38. The van der Waals surface area contributed by atoms with Gasteiger partial charge in [-0.3, -0.25) is 0 Å². The molecule has 0 heterocycles. The van der Waals surface area contributed by atoms with Gasteiger partial charge in [0.2, 0.25) is 0 Å². The molecular formula is C37H62O2PSi+. The van der Waals surface area contributed by atoms with Crippen molar-refractivity contribution in [3.63, 3.8) is 0 Å². The molecule has 0 saturated heterocycles. The van der Waals surface area contributed by atoms with Crippen molar-refractivity contribution in [2.75, 3.05) is 6.16 Å². The summed E-state index contributed by atoms with van der Waals surface area (Å²) in [6.45, 7) is 9.23. The van der Waals surface area contributed by atoms with Crippen molar-refractivity contribution in [1.29, 1.82) is 0 Å². The highest BCUT2D eigenvalue weighted by Gasteiger charge is 2.56. The van der Waals surface area contributed by atoms with E-state index in [1.807, 2.05) is 0 Å². The lowest BCUT2D eigenvalue weighted by atomic mass is 9.99. The Hall–Kier alpha value is -1.05. The van der Waals surface area contributed by atoms with Crippen LogP contribution in [0.3, 0.4) is 0 Å². The molecule has 1 aromatic rings. The Balaban J connectivity index is 1.68. The minimum Gasteiger partial charge on any atom is -0.519 e. The summed E-state index contributed by atoms with van der Waals surface area (Å²) in [6, 6.07) is 14.1. The summed E-state index contributed by atoms with van der Waals surface area (Å²) in [5.74, 6) is 0.888. The summed E-state index contributed by atoms with van der Waals surface area (Å²) < 4.78 is 13.9. The molecule has 0 spiro atoms. The van der Waals surface area contributed by atoms with Crippen molar-refractivity contribution in [2.24, 2.45) is 0 Å². The molecule has 230 valence electrons. The second-order valence-electron chi connectivity index (χ2n) is 13.5. The molecule has 3 fully saturated rings. The van der Waals surface area contributed by atoms with Crippen LogP contribution in [-0.4, -0.2) is 37.6 Å². The van der Waals surface area contributed by atoms with E-state index in [0.717, 1.165) is 41.1 Å². The zero-order valence-electron chi connectivity index (χ0n) is 27.1. The van der Waals surface area contributed by atoms with E-state index >= 15 is 0 Å². The monoisotopic (exact) mass is 597 g/mol. The van der Waals surface area contributed by atoms with Crippen LogP contribution in [0.2, 0.25) is 18.1 Å². The van der Waals surface area contributed by atoms with E-state index in [2.05, 4.69) is 76.3 Å². The third kappa shape index (κ3) is 8.75. The van der Waals surface area contributed by atoms with Crippen LogP contribution in [0.5, 0.6) is 0 Å². The highest BCUT2D eigenvalue weighted by Crippen LogP contribution is 2.77. The highest BCUT2D eigenvalue weighted by molar-refractivity contribution is 7.78. The first-order valence-corrected chi connectivity index (χ1v) is 22.4. The molecule has 3 saturated carbocycles. The van der Waals surface area contributed by atoms with Crippen LogP contribution in [-0.2, 0) is 9.16 Å². The number of hydrogen-bond acceptors (Lipinski definition) is 2. The second-order valence-corrected chi connectivity index (χ2v) is 22.8. The van der Waals surface area contributed by atoms with Crippen LogP contribution < -0.4 is 0 Å². The van der Waals surface area contributed by atoms with Gasteiger partial charge in [0.05, 0.1) is 23.1 Å². The fraction of sp³-hybridized carbons (Fsp3) is 0.730. The van der Waals surface area contributed by atoms with Crippen LogP contribution in [0, 0.1) is 0 Å². The van der Waals surface area contributed by atoms with Crippen molar-refractivity contribution in [1.82, 2.24) is 0 Å². The number of benzene rings is 1. The van der Waals surface area contributed by atoms with Gasteiger partial charge in [0.1, 0.15) is 6.10 Å². The van der Waals surface area contributed by atoms with E-state index in [0.29, 0.717) is 0 Å². The van der Waals surface area contributed by atoms with Gasteiger partial charge < -0.3 is 9.16 Å². The Morgan fingerprint density at radius 2 is 1.22 bits per heavy atom. The minimum atomic E-state index is -1.85. The number of ether oxygens (including phenoxy) is 1. The van der Waals surface area contributed by atoms with E-state index in [9.17, 15) is 0 Å². The summed E-state index contributed by atoms with van der Waals surface area (Å²) in [5, 5.41) is 0. The Labute approximate surface area is 255 Å². The number of hydrogen-bond donors (Lipinski definition) is 0. The molecule has 4 heteroatoms. The lowest BCUT2D eigenvalue weighted by Gasteiger charge is -2.48. The molecule has 0 radical (unpaired) electrons. The van der Waals surface area contributed by atoms with E-state index in [4.69, 9.17) is 9.16 Å². The summed E-state index contributed by atoms with van der Waals surface area (Å²) >= 11 is 0. The predicted octanol–water partition coefficient (Wildman–Crippen LogP) is 12.0. The largest absolute Gasteiger partial charge is 0.519 e. The SMILES string of the molecule is CC[Si](CC)(CC)O/C(=C\C[P+](C1CCCCC1)(C1CCCCC1)C1CCCCC1)OC(C)/C=C/c1ccccc1. The Bertz CT molecular complexity index is 868. The molecule has 2 nitrogen and oxygen atoms in total. The average molecular weight is 598 g/mol. The quantitative estimate of drug-likeness (QED) is 0.121. The molecule has 0 aromatic heterocycles. The first-order valence-electron chi connectivity index (χ1n) is 17.7. The Morgan fingerprint density at radius 3 is 1.66 bits per heavy atom. The zero-order valence-corrected chi connectivity index (χ0v) is 29.0. The average Bonchev–Trinajstić information content (AvgIpc) is 3.05. The van der Waals surface area contributed by atoms with Gasteiger partial charge in [-0.2, -0.15) is 0 Å². The first kappa shape index (κ1) is 32.9. The van der Waals surface area contributed by atoms with Crippen molar-refractivity contribution in [3.8, 4) is 0 Å². The van der Waals surface area contributed by atoms with Crippen LogP contribution in [0.4, 0.5) is 0 Å². The van der Waals surface area contributed by atoms with Crippen LogP contribution >= 0.6 is 7.26 Å². The molecule has 0 aliphatic heterocycles. The number of rotatable bonds is 14. The van der Waals surface area contributed by atoms with E-state index in [1.165, 1.54) is 108 Å². The van der Waals surface area contributed by atoms with Gasteiger partial charge in [-0.1, -0.05) is 76.4 Å². The third-order valence-corrected chi connectivity index (χ3v) is 22.2. The van der Waals surface area contributed by atoms with E-state index in [1.54, 1.807) is 0 Å². The van der Waals surface area contributed by atoms with Crippen LogP contribution in [0.1, 0.15) is 130 Å². The molecule has 4 rings (SSSR count). The van der Waals surface area contributed by atoms with Gasteiger partial charge in [0, 0.05) is 13.3 Å². The van der Waals surface area contributed by atoms with E-state index in [-0.39, 0.29) is 6.10 Å². The molecule has 0 N–H and O–H groups in total. The summed E-state index contributed by atoms with van der Waals surface area (Å²) in [5.41, 5.74) is 4.19. The van der Waals surface area contributed by atoms with Crippen molar-refractivity contribution in [2.45, 2.75) is 165 Å². The molecular weight excluding hydrogens is 535 g/mol. The molecule has 0 bridgehead atoms. The van der Waals surface area contributed by atoms with Gasteiger partial charge in [-0.15, -0.1) is 0 Å². The van der Waals surface area contributed by atoms with Gasteiger partial charge >= 0.3 is 0 Å². The molecule has 1 atom stereocenters. The molecule has 41 heavy (non-hydrogen) atoms. The van der Waals surface area contributed by atoms with E-state index < -0.39 is 15.6 Å². The van der Waals surface area contributed by atoms with Gasteiger partial charge in [-0.25, -0.2) is 0 Å². The fourth-order valence-electron chi connectivity index (χ4n) is 8.59. The molecule has 3 aliphatic rings. The van der Waals surface area contributed by atoms with Gasteiger partial charge in [-0.05, 0) is 114 Å².